The van der Waals surface area contributed by atoms with Crippen molar-refractivity contribution in [1.29, 1.82) is 0 Å². The highest BCUT2D eigenvalue weighted by Crippen LogP contribution is 2.34. The average Bonchev–Trinajstić information content (AvgIpc) is 3.33. The molecule has 1 fully saturated rings. The zero-order chi connectivity index (χ0) is 22.1. The summed E-state index contributed by atoms with van der Waals surface area (Å²) in [6, 6.07) is 3.75. The minimum absolute atomic E-state index is 0.0884. The predicted octanol–water partition coefficient (Wildman–Crippen LogP) is 0.127. The fourth-order valence-corrected chi connectivity index (χ4v) is 3.74. The van der Waals surface area contributed by atoms with Crippen LogP contribution in [0.15, 0.2) is 24.4 Å². The molecule has 3 N–H and O–H groups in total. The van der Waals surface area contributed by atoms with Gasteiger partial charge >= 0.3 is 0 Å². The van der Waals surface area contributed by atoms with Crippen molar-refractivity contribution in [3.63, 3.8) is 0 Å². The standard InChI is InChI=1S/C20H28N6O4/c1-20(2,3)17(19(30)25-9-13(28)8-16(25)18(29)21-4)26-10-15(23-24-26)14-7-5-6-12(11-27)22-14/h5-7,10,13,16-17,27-28H,8-9,11H2,1-4H3,(H,21,29)/t13-,16+,17-/m1/s1. The van der Waals surface area contributed by atoms with Gasteiger partial charge in [-0.05, 0) is 17.5 Å². The van der Waals surface area contributed by atoms with Crippen LogP contribution < -0.4 is 5.32 Å². The van der Waals surface area contributed by atoms with Crippen LogP contribution in [0.3, 0.4) is 0 Å². The number of carbonyl (C=O) groups excluding carboxylic acids is 2. The molecule has 3 heterocycles. The summed E-state index contributed by atoms with van der Waals surface area (Å²) in [5.41, 5.74) is 0.970. The molecule has 0 unspecified atom stereocenters. The van der Waals surface area contributed by atoms with E-state index in [-0.39, 0.29) is 31.4 Å². The molecule has 0 aromatic carbocycles. The van der Waals surface area contributed by atoms with Gasteiger partial charge in [0.2, 0.25) is 11.8 Å². The van der Waals surface area contributed by atoms with E-state index in [4.69, 9.17) is 0 Å². The lowest BCUT2D eigenvalue weighted by molar-refractivity contribution is -0.144. The fraction of sp³-hybridized carbons (Fsp3) is 0.550. The fourth-order valence-electron chi connectivity index (χ4n) is 3.74. The first-order valence-electron chi connectivity index (χ1n) is 9.84. The number of aromatic nitrogens is 4. The molecular weight excluding hydrogens is 388 g/mol. The van der Waals surface area contributed by atoms with Gasteiger partial charge in [-0.25, -0.2) is 9.67 Å². The lowest BCUT2D eigenvalue weighted by atomic mass is 9.85. The molecular formula is C20H28N6O4. The lowest BCUT2D eigenvalue weighted by Crippen LogP contribution is -2.49. The van der Waals surface area contributed by atoms with Crippen LogP contribution in [-0.4, -0.2) is 72.6 Å². The minimum Gasteiger partial charge on any atom is -0.391 e. The molecule has 1 saturated heterocycles. The Morgan fingerprint density at radius 3 is 2.67 bits per heavy atom. The molecule has 0 bridgehead atoms. The number of likely N-dealkylation sites (N-methyl/N-ethyl adjacent to an activating group) is 1. The summed E-state index contributed by atoms with van der Waals surface area (Å²) in [7, 11) is 1.51. The number of nitrogens with one attached hydrogen (secondary N) is 1. The molecule has 1 aliphatic rings. The van der Waals surface area contributed by atoms with Crippen molar-refractivity contribution in [3.8, 4) is 11.4 Å². The molecule has 0 radical (unpaired) electrons. The zero-order valence-corrected chi connectivity index (χ0v) is 17.6. The van der Waals surface area contributed by atoms with Crippen molar-refractivity contribution in [3.05, 3.63) is 30.1 Å². The maximum atomic E-state index is 13.5. The van der Waals surface area contributed by atoms with E-state index in [1.54, 1.807) is 24.4 Å². The Bertz CT molecular complexity index is 922. The summed E-state index contributed by atoms with van der Waals surface area (Å²) in [4.78, 5) is 31.5. The Hall–Kier alpha value is -2.85. The molecule has 162 valence electrons. The van der Waals surface area contributed by atoms with Gasteiger partial charge < -0.3 is 20.4 Å². The van der Waals surface area contributed by atoms with Crippen molar-refractivity contribution in [2.45, 2.75) is 52.0 Å². The second-order valence-electron chi connectivity index (χ2n) is 8.53. The smallest absolute Gasteiger partial charge is 0.248 e. The molecule has 10 nitrogen and oxygen atoms in total. The zero-order valence-electron chi connectivity index (χ0n) is 17.6. The monoisotopic (exact) mass is 416 g/mol. The first-order chi connectivity index (χ1) is 14.2. The number of rotatable bonds is 5. The number of hydrogen-bond donors (Lipinski definition) is 3. The Morgan fingerprint density at radius 2 is 2.03 bits per heavy atom. The normalized spacial score (nSPS) is 20.3. The van der Waals surface area contributed by atoms with Crippen LogP contribution in [0.5, 0.6) is 0 Å². The number of carbonyl (C=O) groups is 2. The van der Waals surface area contributed by atoms with E-state index in [1.807, 2.05) is 20.8 Å². The van der Waals surface area contributed by atoms with E-state index in [0.717, 1.165) is 0 Å². The summed E-state index contributed by atoms with van der Waals surface area (Å²) in [6.45, 7) is 5.61. The summed E-state index contributed by atoms with van der Waals surface area (Å²) in [5, 5.41) is 30.3. The van der Waals surface area contributed by atoms with Gasteiger partial charge in [-0.1, -0.05) is 32.1 Å². The van der Waals surface area contributed by atoms with Crippen LogP contribution >= 0.6 is 0 Å². The van der Waals surface area contributed by atoms with Gasteiger partial charge in [0.1, 0.15) is 17.8 Å². The largest absolute Gasteiger partial charge is 0.391 e. The number of aliphatic hydroxyl groups excluding tert-OH is 2. The number of nitrogens with zero attached hydrogens (tertiary/aromatic N) is 5. The van der Waals surface area contributed by atoms with Crippen LogP contribution in [-0.2, 0) is 16.2 Å². The van der Waals surface area contributed by atoms with Crippen molar-refractivity contribution < 1.29 is 19.8 Å². The van der Waals surface area contributed by atoms with Crippen molar-refractivity contribution in [2.75, 3.05) is 13.6 Å². The van der Waals surface area contributed by atoms with Crippen molar-refractivity contribution >= 4 is 11.8 Å². The van der Waals surface area contributed by atoms with Gasteiger partial charge in [-0.3, -0.25) is 9.59 Å². The summed E-state index contributed by atoms with van der Waals surface area (Å²) < 4.78 is 1.48. The van der Waals surface area contributed by atoms with E-state index < -0.39 is 23.6 Å². The summed E-state index contributed by atoms with van der Waals surface area (Å²) in [6.07, 6.45) is 1.08. The summed E-state index contributed by atoms with van der Waals surface area (Å²) >= 11 is 0. The van der Waals surface area contributed by atoms with Crippen LogP contribution in [0.4, 0.5) is 0 Å². The first kappa shape index (κ1) is 21.8. The molecule has 1 aliphatic heterocycles. The average molecular weight is 416 g/mol. The minimum atomic E-state index is -0.756. The molecule has 0 aliphatic carbocycles. The maximum Gasteiger partial charge on any atom is 0.248 e. The molecule has 0 spiro atoms. The Balaban J connectivity index is 1.95. The third-order valence-corrected chi connectivity index (χ3v) is 5.17. The Kier molecular flexibility index (Phi) is 6.18. The van der Waals surface area contributed by atoms with Crippen LogP contribution in [0, 0.1) is 5.41 Å². The van der Waals surface area contributed by atoms with E-state index in [1.165, 1.54) is 16.6 Å². The number of likely N-dealkylation sites (tertiary alicyclic amines) is 1. The highest BCUT2D eigenvalue weighted by Gasteiger charge is 2.45. The van der Waals surface area contributed by atoms with Gasteiger partial charge in [0.25, 0.3) is 0 Å². The second-order valence-corrected chi connectivity index (χ2v) is 8.53. The molecule has 3 atom stereocenters. The molecule has 2 aromatic heterocycles. The van der Waals surface area contributed by atoms with Crippen LogP contribution in [0.25, 0.3) is 11.4 Å². The predicted molar refractivity (Wildman–Crippen MR) is 108 cm³/mol. The molecule has 30 heavy (non-hydrogen) atoms. The highest BCUT2D eigenvalue weighted by atomic mass is 16.3. The van der Waals surface area contributed by atoms with E-state index in [2.05, 4.69) is 20.6 Å². The number of hydrogen-bond acceptors (Lipinski definition) is 7. The molecule has 2 aromatic rings. The van der Waals surface area contributed by atoms with Crippen LogP contribution in [0.2, 0.25) is 0 Å². The van der Waals surface area contributed by atoms with Gasteiger partial charge in [-0.2, -0.15) is 0 Å². The molecule has 3 rings (SSSR count). The van der Waals surface area contributed by atoms with Gasteiger partial charge in [0, 0.05) is 20.0 Å². The van der Waals surface area contributed by atoms with Gasteiger partial charge in [0.05, 0.1) is 30.3 Å². The number of aliphatic hydroxyl groups is 2. The first-order valence-corrected chi connectivity index (χ1v) is 9.84. The second kappa shape index (κ2) is 8.49. The molecule has 2 amide bonds. The maximum absolute atomic E-state index is 13.5. The van der Waals surface area contributed by atoms with E-state index >= 15 is 0 Å². The van der Waals surface area contributed by atoms with E-state index in [0.29, 0.717) is 17.1 Å². The third kappa shape index (κ3) is 4.34. The van der Waals surface area contributed by atoms with E-state index in [9.17, 15) is 19.8 Å². The van der Waals surface area contributed by atoms with Gasteiger partial charge in [-0.15, -0.1) is 5.10 Å². The highest BCUT2D eigenvalue weighted by molar-refractivity contribution is 5.90. The topological polar surface area (TPSA) is 133 Å². The molecule has 10 heteroatoms. The number of amides is 2. The Labute approximate surface area is 174 Å². The number of β-amino-alcohol motifs (C(OH)–C–C–N with tert-alkyl or cyclic N) is 1. The number of pyridine rings is 1. The van der Waals surface area contributed by atoms with Crippen molar-refractivity contribution in [1.82, 2.24) is 30.2 Å². The SMILES string of the molecule is CNC(=O)[C@@H]1C[C@@H](O)CN1C(=O)[C@@H](n1cc(-c2cccc(CO)n2)nn1)C(C)(C)C. The van der Waals surface area contributed by atoms with Crippen LogP contribution in [0.1, 0.15) is 38.9 Å². The molecule has 0 saturated carbocycles. The van der Waals surface area contributed by atoms with Crippen molar-refractivity contribution in [2.24, 2.45) is 5.41 Å². The lowest BCUT2D eigenvalue weighted by Gasteiger charge is -2.34. The quantitative estimate of drug-likeness (QED) is 0.631. The van der Waals surface area contributed by atoms with Gasteiger partial charge in [0.15, 0.2) is 0 Å². The summed E-state index contributed by atoms with van der Waals surface area (Å²) in [5.74, 6) is -0.613. The Morgan fingerprint density at radius 1 is 1.30 bits per heavy atom. The third-order valence-electron chi connectivity index (χ3n) is 5.17.